The Labute approximate surface area is 120 Å². The molecule has 0 saturated heterocycles. The highest BCUT2D eigenvalue weighted by atomic mass is 79.9. The zero-order valence-electron chi connectivity index (χ0n) is 9.92. The van der Waals surface area contributed by atoms with Crippen LogP contribution in [-0.2, 0) is 0 Å². The van der Waals surface area contributed by atoms with Gasteiger partial charge in [0.1, 0.15) is 0 Å². The number of pyridine rings is 1. The van der Waals surface area contributed by atoms with E-state index in [0.717, 1.165) is 40.4 Å². The Morgan fingerprint density at radius 2 is 2.17 bits per heavy atom. The fraction of sp³-hybridized carbons (Fsp3) is 0.308. The van der Waals surface area contributed by atoms with Crippen molar-refractivity contribution >= 4 is 49.8 Å². The van der Waals surface area contributed by atoms with Crippen molar-refractivity contribution in [2.45, 2.75) is 12.8 Å². The lowest BCUT2D eigenvalue weighted by molar-refractivity contribution is 0.840. The summed E-state index contributed by atoms with van der Waals surface area (Å²) in [6, 6.07) is 6.00. The number of halogens is 2. The van der Waals surface area contributed by atoms with Gasteiger partial charge in [0.2, 0.25) is 0 Å². The number of nitrogens with two attached hydrogens (primary N) is 1. The second-order valence-electron chi connectivity index (χ2n) is 4.07. The molecule has 0 radical (unpaired) electrons. The first-order valence-electron chi connectivity index (χ1n) is 5.86. The van der Waals surface area contributed by atoms with Crippen molar-refractivity contribution in [3.05, 3.63) is 28.9 Å². The molecule has 2 rings (SSSR count). The summed E-state index contributed by atoms with van der Waals surface area (Å²) in [5.74, 6) is 0.696. The van der Waals surface area contributed by atoms with Crippen LogP contribution in [0.2, 0.25) is 0 Å². The van der Waals surface area contributed by atoms with Crippen LogP contribution >= 0.6 is 27.5 Å². The number of hydrogen-bond donors (Lipinski definition) is 2. The van der Waals surface area contributed by atoms with E-state index in [0.29, 0.717) is 11.6 Å². The lowest BCUT2D eigenvalue weighted by Gasteiger charge is -2.12. The first-order valence-corrected chi connectivity index (χ1v) is 7.18. The molecular formula is C13H15BrClN3. The molecule has 5 heteroatoms. The zero-order valence-corrected chi connectivity index (χ0v) is 12.3. The molecule has 0 fully saturated rings. The molecule has 0 bridgehead atoms. The summed E-state index contributed by atoms with van der Waals surface area (Å²) in [5.41, 5.74) is 8.54. The van der Waals surface area contributed by atoms with Crippen molar-refractivity contribution in [1.82, 2.24) is 4.98 Å². The van der Waals surface area contributed by atoms with E-state index in [1.54, 1.807) is 6.20 Å². The number of unbranched alkanes of at least 4 members (excludes halogenated alkanes) is 1. The molecule has 0 aliphatic rings. The van der Waals surface area contributed by atoms with Gasteiger partial charge < -0.3 is 11.1 Å². The fourth-order valence-electron chi connectivity index (χ4n) is 1.81. The van der Waals surface area contributed by atoms with Crippen LogP contribution in [0.3, 0.4) is 0 Å². The van der Waals surface area contributed by atoms with Gasteiger partial charge in [-0.25, -0.2) is 0 Å². The smallest absolute Gasteiger partial charge is 0.0743 e. The lowest BCUT2D eigenvalue weighted by Crippen LogP contribution is -2.05. The van der Waals surface area contributed by atoms with Crippen molar-refractivity contribution in [3.8, 4) is 0 Å². The van der Waals surface area contributed by atoms with Crippen molar-refractivity contribution in [2.75, 3.05) is 23.5 Å². The van der Waals surface area contributed by atoms with Gasteiger partial charge in [-0.3, -0.25) is 4.98 Å². The third kappa shape index (κ3) is 3.06. The lowest BCUT2D eigenvalue weighted by atomic mass is 10.1. The van der Waals surface area contributed by atoms with E-state index in [4.69, 9.17) is 17.3 Å². The van der Waals surface area contributed by atoms with E-state index in [1.807, 2.05) is 18.2 Å². The maximum absolute atomic E-state index is 5.98. The Kier molecular flexibility index (Phi) is 4.66. The maximum Gasteiger partial charge on any atom is 0.0743 e. The van der Waals surface area contributed by atoms with Crippen molar-refractivity contribution < 1.29 is 0 Å². The minimum absolute atomic E-state index is 0.677. The summed E-state index contributed by atoms with van der Waals surface area (Å²) in [7, 11) is 0. The minimum atomic E-state index is 0.677. The molecule has 1 aromatic carbocycles. The van der Waals surface area contributed by atoms with Crippen LogP contribution < -0.4 is 11.1 Å². The molecule has 0 aliphatic carbocycles. The average molecular weight is 329 g/mol. The van der Waals surface area contributed by atoms with Crippen LogP contribution in [0.1, 0.15) is 12.8 Å². The normalized spacial score (nSPS) is 10.8. The third-order valence-corrected chi connectivity index (χ3v) is 3.48. The van der Waals surface area contributed by atoms with E-state index in [2.05, 4.69) is 26.2 Å². The van der Waals surface area contributed by atoms with Crippen LogP contribution in [0.25, 0.3) is 10.9 Å². The summed E-state index contributed by atoms with van der Waals surface area (Å²) >= 11 is 9.10. The highest BCUT2D eigenvalue weighted by molar-refractivity contribution is 9.10. The van der Waals surface area contributed by atoms with Crippen LogP contribution in [0, 0.1) is 0 Å². The third-order valence-electron chi connectivity index (χ3n) is 2.72. The van der Waals surface area contributed by atoms with Gasteiger partial charge in [-0.15, -0.1) is 11.6 Å². The number of nitrogens with one attached hydrogen (secondary N) is 1. The van der Waals surface area contributed by atoms with Crippen molar-refractivity contribution in [1.29, 1.82) is 0 Å². The molecule has 0 saturated carbocycles. The number of hydrogen-bond acceptors (Lipinski definition) is 3. The molecule has 0 atom stereocenters. The molecule has 18 heavy (non-hydrogen) atoms. The number of alkyl halides is 1. The Bertz CT molecular complexity index is 545. The standard InChI is InChI=1S/C13H15BrClN3/c14-9-3-4-10-12(7-9)18-8-11(16)13(10)17-6-2-1-5-15/h3-4,7-8H,1-2,5-6,16H2,(H,17,18). The van der Waals surface area contributed by atoms with Crippen LogP contribution in [-0.4, -0.2) is 17.4 Å². The van der Waals surface area contributed by atoms with Gasteiger partial charge >= 0.3 is 0 Å². The van der Waals surface area contributed by atoms with Crippen LogP contribution in [0.15, 0.2) is 28.9 Å². The predicted octanol–water partition coefficient (Wildman–Crippen LogP) is 4.01. The molecule has 0 aliphatic heterocycles. The average Bonchev–Trinajstić information content (AvgIpc) is 2.37. The number of benzene rings is 1. The molecule has 1 aromatic heterocycles. The summed E-state index contributed by atoms with van der Waals surface area (Å²) < 4.78 is 1.01. The van der Waals surface area contributed by atoms with Gasteiger partial charge in [0, 0.05) is 22.3 Å². The van der Waals surface area contributed by atoms with E-state index in [9.17, 15) is 0 Å². The number of fused-ring (bicyclic) bond motifs is 1. The van der Waals surface area contributed by atoms with Gasteiger partial charge in [0.15, 0.2) is 0 Å². The molecule has 1 heterocycles. The Balaban J connectivity index is 2.27. The second kappa shape index (κ2) is 6.25. The molecule has 0 unspecified atom stereocenters. The molecule has 0 amide bonds. The topological polar surface area (TPSA) is 50.9 Å². The summed E-state index contributed by atoms with van der Waals surface area (Å²) in [6.45, 7) is 0.867. The van der Waals surface area contributed by atoms with E-state index >= 15 is 0 Å². The minimum Gasteiger partial charge on any atom is -0.396 e. The molecule has 0 spiro atoms. The van der Waals surface area contributed by atoms with Gasteiger partial charge in [-0.1, -0.05) is 15.9 Å². The predicted molar refractivity (Wildman–Crippen MR) is 82.3 cm³/mol. The highest BCUT2D eigenvalue weighted by Gasteiger charge is 2.06. The second-order valence-corrected chi connectivity index (χ2v) is 5.37. The quantitative estimate of drug-likeness (QED) is 0.644. The molecule has 96 valence electrons. The van der Waals surface area contributed by atoms with Gasteiger partial charge in [0.05, 0.1) is 23.1 Å². The fourth-order valence-corrected chi connectivity index (χ4v) is 2.35. The van der Waals surface area contributed by atoms with E-state index in [-0.39, 0.29) is 0 Å². The maximum atomic E-state index is 5.98. The molecule has 3 N–H and O–H groups in total. The monoisotopic (exact) mass is 327 g/mol. The van der Waals surface area contributed by atoms with E-state index in [1.165, 1.54) is 0 Å². The number of nitrogens with zero attached hydrogens (tertiary/aromatic N) is 1. The van der Waals surface area contributed by atoms with Gasteiger partial charge in [-0.05, 0) is 31.0 Å². The number of rotatable bonds is 5. The first-order chi connectivity index (χ1) is 8.72. The highest BCUT2D eigenvalue weighted by Crippen LogP contribution is 2.29. The SMILES string of the molecule is Nc1cnc2cc(Br)ccc2c1NCCCCCl. The van der Waals surface area contributed by atoms with E-state index < -0.39 is 0 Å². The summed E-state index contributed by atoms with van der Waals surface area (Å²) in [4.78, 5) is 4.33. The van der Waals surface area contributed by atoms with Gasteiger partial charge in [0.25, 0.3) is 0 Å². The van der Waals surface area contributed by atoms with Crippen LogP contribution in [0.5, 0.6) is 0 Å². The Morgan fingerprint density at radius 1 is 1.33 bits per heavy atom. The largest absolute Gasteiger partial charge is 0.396 e. The summed E-state index contributed by atoms with van der Waals surface area (Å²) in [5, 5.41) is 4.42. The number of anilines is 2. The number of aromatic nitrogens is 1. The van der Waals surface area contributed by atoms with Crippen LogP contribution in [0.4, 0.5) is 11.4 Å². The zero-order chi connectivity index (χ0) is 13.0. The first kappa shape index (κ1) is 13.4. The Morgan fingerprint density at radius 3 is 2.94 bits per heavy atom. The Hall–Kier alpha value is -1.00. The molecular weight excluding hydrogens is 314 g/mol. The summed E-state index contributed by atoms with van der Waals surface area (Å²) in [6.07, 6.45) is 3.73. The van der Waals surface area contributed by atoms with Crippen molar-refractivity contribution in [2.24, 2.45) is 0 Å². The van der Waals surface area contributed by atoms with Gasteiger partial charge in [-0.2, -0.15) is 0 Å². The number of nitrogen functional groups attached to an aromatic ring is 1. The van der Waals surface area contributed by atoms with Crippen molar-refractivity contribution in [3.63, 3.8) is 0 Å². The molecule has 2 aromatic rings. The molecule has 3 nitrogen and oxygen atoms in total.